The quantitative estimate of drug-likeness (QED) is 0.618. The van der Waals surface area contributed by atoms with E-state index >= 15 is 0 Å². The Balaban J connectivity index is 1.28. The number of anilines is 2. The number of carbonyl (C=O) groups is 1. The second-order valence-corrected chi connectivity index (χ2v) is 9.35. The van der Waals surface area contributed by atoms with Gasteiger partial charge in [-0.2, -0.15) is 0 Å². The second kappa shape index (κ2) is 8.43. The van der Waals surface area contributed by atoms with Crippen LogP contribution >= 0.6 is 11.6 Å². The molecule has 3 aromatic rings. The third kappa shape index (κ3) is 4.02. The fourth-order valence-corrected chi connectivity index (χ4v) is 4.71. The Hall–Kier alpha value is -3.40. The van der Waals surface area contributed by atoms with Crippen LogP contribution in [0.25, 0.3) is 5.69 Å². The van der Waals surface area contributed by atoms with Crippen LogP contribution in [-0.2, 0) is 13.1 Å². The van der Waals surface area contributed by atoms with E-state index in [0.29, 0.717) is 37.0 Å². The molecule has 0 spiro atoms. The molecule has 2 amide bonds. The van der Waals surface area contributed by atoms with E-state index in [-0.39, 0.29) is 17.9 Å². The van der Waals surface area contributed by atoms with Crippen LogP contribution in [0, 0.1) is 5.82 Å². The average Bonchev–Trinajstić information content (AvgIpc) is 3.59. The lowest BCUT2D eigenvalue weighted by Crippen LogP contribution is -2.47. The molecule has 9 nitrogen and oxygen atoms in total. The Kier molecular flexibility index (Phi) is 5.24. The number of rotatable bonds is 3. The Labute approximate surface area is 201 Å². The third-order valence-electron chi connectivity index (χ3n) is 6.48. The van der Waals surface area contributed by atoms with Crippen molar-refractivity contribution in [2.24, 2.45) is 0 Å². The van der Waals surface area contributed by atoms with Gasteiger partial charge in [0.25, 0.3) is 0 Å². The monoisotopic (exact) mass is 482 g/mol. The van der Waals surface area contributed by atoms with E-state index in [1.807, 2.05) is 22.8 Å². The number of pyridine rings is 1. The summed E-state index contributed by atoms with van der Waals surface area (Å²) in [5.41, 5.74) is 1.89. The Morgan fingerprint density at radius 3 is 2.56 bits per heavy atom. The van der Waals surface area contributed by atoms with Gasteiger partial charge in [0.1, 0.15) is 11.6 Å². The number of nitrogens with zero attached hydrogens (tertiary/aromatic N) is 7. The van der Waals surface area contributed by atoms with Gasteiger partial charge in [-0.1, -0.05) is 11.6 Å². The number of hydrogen-bond donors (Lipinski definition) is 1. The standard InChI is InChI=1S/C23H24ClFN8O/c24-16-1-5-19-15(11-16)13-32(23(34)27-18-3-4-18)14-21-28-29-22(33(19)21)31-9-7-30(8-10-31)20-6-2-17(25)12-26-20/h1-2,5-6,11-12,18H,3-4,7-10,13-14H2,(H,27,34). The van der Waals surface area contributed by atoms with Crippen molar-refractivity contribution in [3.8, 4) is 5.69 Å². The van der Waals surface area contributed by atoms with Crippen molar-refractivity contribution in [3.05, 3.63) is 58.8 Å². The first kappa shape index (κ1) is 21.2. The van der Waals surface area contributed by atoms with E-state index in [9.17, 15) is 9.18 Å². The van der Waals surface area contributed by atoms with Crippen molar-refractivity contribution in [2.75, 3.05) is 36.0 Å². The van der Waals surface area contributed by atoms with Gasteiger partial charge in [-0.05, 0) is 48.7 Å². The van der Waals surface area contributed by atoms with Crippen LogP contribution in [0.2, 0.25) is 5.02 Å². The van der Waals surface area contributed by atoms with Gasteiger partial charge in [-0.15, -0.1) is 10.2 Å². The number of benzene rings is 1. The number of carbonyl (C=O) groups excluding carboxylic acids is 1. The summed E-state index contributed by atoms with van der Waals surface area (Å²) in [6, 6.07) is 9.05. The SMILES string of the molecule is O=C(NC1CC1)N1Cc2cc(Cl)ccc2-n2c(nnc2N2CCN(c3ccc(F)cn3)CC2)C1. The molecule has 2 aliphatic heterocycles. The summed E-state index contributed by atoms with van der Waals surface area (Å²) in [5, 5.41) is 12.7. The number of nitrogens with one attached hydrogen (secondary N) is 1. The molecular formula is C23H24ClFN8O. The summed E-state index contributed by atoms with van der Waals surface area (Å²) in [6.45, 7) is 3.69. The van der Waals surface area contributed by atoms with Gasteiger partial charge in [0.2, 0.25) is 5.95 Å². The molecule has 1 saturated heterocycles. The maximum Gasteiger partial charge on any atom is 0.318 e. The molecule has 4 heterocycles. The van der Waals surface area contributed by atoms with Crippen molar-refractivity contribution in [2.45, 2.75) is 32.0 Å². The Morgan fingerprint density at radius 2 is 1.82 bits per heavy atom. The molecule has 0 bridgehead atoms. The highest BCUT2D eigenvalue weighted by atomic mass is 35.5. The van der Waals surface area contributed by atoms with Gasteiger partial charge >= 0.3 is 6.03 Å². The molecule has 3 aliphatic rings. The Bertz CT molecular complexity index is 1220. The summed E-state index contributed by atoms with van der Waals surface area (Å²) in [4.78, 5) is 23.2. The molecule has 2 aromatic heterocycles. The lowest BCUT2D eigenvalue weighted by Gasteiger charge is -2.35. The molecule has 34 heavy (non-hydrogen) atoms. The molecule has 6 rings (SSSR count). The largest absolute Gasteiger partial charge is 0.353 e. The minimum atomic E-state index is -0.341. The molecule has 1 N–H and O–H groups in total. The first-order valence-corrected chi connectivity index (χ1v) is 11.8. The molecule has 176 valence electrons. The number of aromatic nitrogens is 4. The van der Waals surface area contributed by atoms with Gasteiger partial charge < -0.3 is 20.0 Å². The van der Waals surface area contributed by atoms with Crippen LogP contribution < -0.4 is 15.1 Å². The van der Waals surface area contributed by atoms with E-state index in [1.54, 1.807) is 11.0 Å². The zero-order valence-corrected chi connectivity index (χ0v) is 19.2. The van der Waals surface area contributed by atoms with Crippen LogP contribution in [0.3, 0.4) is 0 Å². The smallest absolute Gasteiger partial charge is 0.318 e. The average molecular weight is 483 g/mol. The second-order valence-electron chi connectivity index (χ2n) is 8.91. The van der Waals surface area contributed by atoms with E-state index in [1.165, 1.54) is 12.3 Å². The van der Waals surface area contributed by atoms with E-state index in [2.05, 4.69) is 30.3 Å². The number of halogens is 2. The molecule has 1 aliphatic carbocycles. The molecular weight excluding hydrogens is 459 g/mol. The molecule has 1 saturated carbocycles. The minimum absolute atomic E-state index is 0.0909. The first-order valence-electron chi connectivity index (χ1n) is 11.4. The lowest BCUT2D eigenvalue weighted by molar-refractivity contribution is 0.191. The zero-order valence-electron chi connectivity index (χ0n) is 18.5. The highest BCUT2D eigenvalue weighted by Gasteiger charge is 2.32. The third-order valence-corrected chi connectivity index (χ3v) is 6.71. The summed E-state index contributed by atoms with van der Waals surface area (Å²) in [6.07, 6.45) is 3.30. The minimum Gasteiger partial charge on any atom is -0.353 e. The van der Waals surface area contributed by atoms with Crippen LogP contribution in [0.5, 0.6) is 0 Å². The summed E-state index contributed by atoms with van der Waals surface area (Å²) in [7, 11) is 0. The lowest BCUT2D eigenvalue weighted by atomic mass is 10.1. The number of amides is 2. The molecule has 0 unspecified atom stereocenters. The van der Waals surface area contributed by atoms with Gasteiger partial charge in [-0.25, -0.2) is 14.2 Å². The van der Waals surface area contributed by atoms with Gasteiger partial charge in [0, 0.05) is 37.2 Å². The van der Waals surface area contributed by atoms with E-state index in [0.717, 1.165) is 48.9 Å². The molecule has 0 atom stereocenters. The maximum atomic E-state index is 13.2. The predicted octanol–water partition coefficient (Wildman–Crippen LogP) is 2.97. The van der Waals surface area contributed by atoms with Gasteiger partial charge in [0.15, 0.2) is 5.82 Å². The van der Waals surface area contributed by atoms with E-state index in [4.69, 9.17) is 11.6 Å². The first-order chi connectivity index (χ1) is 16.5. The van der Waals surface area contributed by atoms with Crippen LogP contribution in [0.15, 0.2) is 36.5 Å². The van der Waals surface area contributed by atoms with Crippen LogP contribution in [0.1, 0.15) is 24.2 Å². The predicted molar refractivity (Wildman–Crippen MR) is 126 cm³/mol. The highest BCUT2D eigenvalue weighted by molar-refractivity contribution is 6.30. The van der Waals surface area contributed by atoms with Crippen molar-refractivity contribution >= 4 is 29.4 Å². The van der Waals surface area contributed by atoms with Crippen LogP contribution in [-0.4, -0.2) is 62.9 Å². The molecule has 0 radical (unpaired) electrons. The van der Waals surface area contributed by atoms with Crippen LogP contribution in [0.4, 0.5) is 21.0 Å². The Morgan fingerprint density at radius 1 is 1.03 bits per heavy atom. The van der Waals surface area contributed by atoms with Crippen molar-refractivity contribution in [3.63, 3.8) is 0 Å². The summed E-state index contributed by atoms with van der Waals surface area (Å²) in [5.74, 6) is 1.88. The number of fused-ring (bicyclic) bond motifs is 3. The number of hydrogen-bond acceptors (Lipinski definition) is 6. The summed E-state index contributed by atoms with van der Waals surface area (Å²) < 4.78 is 15.3. The number of urea groups is 1. The fourth-order valence-electron chi connectivity index (χ4n) is 4.52. The summed E-state index contributed by atoms with van der Waals surface area (Å²) >= 11 is 6.32. The maximum absolute atomic E-state index is 13.2. The van der Waals surface area contributed by atoms with Crippen molar-refractivity contribution in [1.29, 1.82) is 0 Å². The van der Waals surface area contributed by atoms with E-state index < -0.39 is 0 Å². The number of piperazine rings is 1. The van der Waals surface area contributed by atoms with Gasteiger partial charge in [-0.3, -0.25) is 4.57 Å². The van der Waals surface area contributed by atoms with Gasteiger partial charge in [0.05, 0.1) is 25.0 Å². The molecule has 11 heteroatoms. The zero-order chi connectivity index (χ0) is 23.2. The normalized spacial score (nSPS) is 17.8. The molecule has 2 fully saturated rings. The topological polar surface area (TPSA) is 82.4 Å². The molecule has 1 aromatic carbocycles. The van der Waals surface area contributed by atoms with Crippen molar-refractivity contribution in [1.82, 2.24) is 30.0 Å². The highest BCUT2D eigenvalue weighted by Crippen LogP contribution is 2.31. The fraction of sp³-hybridized carbons (Fsp3) is 0.391. The van der Waals surface area contributed by atoms with Crippen molar-refractivity contribution < 1.29 is 9.18 Å².